The van der Waals surface area contributed by atoms with E-state index in [1.807, 2.05) is 24.3 Å². The minimum absolute atomic E-state index is 0.521. The molecule has 2 atom stereocenters. The summed E-state index contributed by atoms with van der Waals surface area (Å²) in [6.07, 6.45) is 1.75. The van der Waals surface area contributed by atoms with Crippen LogP contribution in [0.25, 0.3) is 16.7 Å². The first-order valence-corrected chi connectivity index (χ1v) is 10.6. The Labute approximate surface area is 175 Å². The van der Waals surface area contributed by atoms with E-state index in [0.717, 1.165) is 59.1 Å². The molecule has 3 N–H and O–H groups in total. The highest BCUT2D eigenvalue weighted by atomic mass is 79.9. The minimum Gasteiger partial charge on any atom is -0.347 e. The number of hydrogen-bond donors (Lipinski definition) is 3. The maximum Gasteiger partial charge on any atom is 0.230 e. The van der Waals surface area contributed by atoms with Crippen LogP contribution in [0.1, 0.15) is 5.82 Å². The molecule has 9 nitrogen and oxygen atoms in total. The number of nitrogens with one attached hydrogen (secondary N) is 3. The first-order valence-electron chi connectivity index (χ1n) is 9.79. The van der Waals surface area contributed by atoms with Gasteiger partial charge in [0.25, 0.3) is 0 Å². The van der Waals surface area contributed by atoms with Gasteiger partial charge in [-0.3, -0.25) is 0 Å². The number of aromatic nitrogens is 6. The van der Waals surface area contributed by atoms with Crippen molar-refractivity contribution in [2.75, 3.05) is 36.4 Å². The third-order valence-corrected chi connectivity index (χ3v) is 6.40. The Hall–Kier alpha value is -2.72. The van der Waals surface area contributed by atoms with E-state index in [0.29, 0.717) is 24.3 Å². The Kier molecular flexibility index (Phi) is 3.95. The first kappa shape index (κ1) is 17.2. The molecule has 10 heteroatoms. The number of imidazole rings is 1. The highest BCUT2D eigenvalue weighted by molar-refractivity contribution is 9.10. The average molecular weight is 454 g/mol. The van der Waals surface area contributed by atoms with Crippen molar-refractivity contribution in [2.45, 2.75) is 6.54 Å². The van der Waals surface area contributed by atoms with Gasteiger partial charge in [0.1, 0.15) is 5.82 Å². The number of anilines is 2. The van der Waals surface area contributed by atoms with Crippen LogP contribution in [0.3, 0.4) is 0 Å². The van der Waals surface area contributed by atoms with Gasteiger partial charge >= 0.3 is 0 Å². The highest BCUT2D eigenvalue weighted by Crippen LogP contribution is 2.30. The molecule has 0 unspecified atom stereocenters. The van der Waals surface area contributed by atoms with E-state index in [2.05, 4.69) is 46.5 Å². The molecule has 6 rings (SSSR count). The zero-order valence-electron chi connectivity index (χ0n) is 15.6. The molecule has 0 aliphatic carbocycles. The molecule has 4 aromatic rings. The molecule has 29 heavy (non-hydrogen) atoms. The van der Waals surface area contributed by atoms with Crippen LogP contribution >= 0.6 is 15.9 Å². The van der Waals surface area contributed by atoms with Crippen molar-refractivity contribution in [1.82, 2.24) is 34.9 Å². The molecule has 1 aromatic carbocycles. The SMILES string of the molecule is Brc1cnn2c(NCc3nc4ccccc4[nH]3)nc(N3C[C@H]4CNC[C@H]4C3)nc12. The molecule has 2 aliphatic heterocycles. The van der Waals surface area contributed by atoms with Gasteiger partial charge in [0, 0.05) is 26.2 Å². The van der Waals surface area contributed by atoms with Gasteiger partial charge < -0.3 is 20.5 Å². The molecule has 3 aromatic heterocycles. The lowest BCUT2D eigenvalue weighted by atomic mass is 10.0. The predicted molar refractivity (Wildman–Crippen MR) is 114 cm³/mol. The van der Waals surface area contributed by atoms with Gasteiger partial charge in [-0.25, -0.2) is 4.98 Å². The Balaban J connectivity index is 1.31. The third-order valence-electron chi connectivity index (χ3n) is 5.84. The molecule has 0 amide bonds. The molecule has 0 radical (unpaired) electrons. The lowest BCUT2D eigenvalue weighted by Gasteiger charge is -2.18. The highest BCUT2D eigenvalue weighted by Gasteiger charge is 2.37. The normalized spacial score (nSPS) is 21.3. The summed E-state index contributed by atoms with van der Waals surface area (Å²) in [6, 6.07) is 8.01. The molecule has 148 valence electrons. The van der Waals surface area contributed by atoms with Crippen LogP contribution in [0.2, 0.25) is 0 Å². The van der Waals surface area contributed by atoms with Crippen LogP contribution < -0.4 is 15.5 Å². The van der Waals surface area contributed by atoms with E-state index in [4.69, 9.17) is 9.97 Å². The molecule has 2 aliphatic rings. The second-order valence-corrected chi connectivity index (χ2v) is 8.57. The minimum atomic E-state index is 0.521. The largest absolute Gasteiger partial charge is 0.347 e. The van der Waals surface area contributed by atoms with Crippen LogP contribution in [0.4, 0.5) is 11.9 Å². The van der Waals surface area contributed by atoms with Crippen LogP contribution in [0.5, 0.6) is 0 Å². The molecule has 0 spiro atoms. The fourth-order valence-corrected chi connectivity index (χ4v) is 4.71. The maximum atomic E-state index is 4.81. The Morgan fingerprint density at radius 2 is 1.93 bits per heavy atom. The standard InChI is InChI=1S/C19H20BrN9/c20-13-7-23-29-17(13)26-19(28-9-11-5-21-6-12(11)10-28)27-18(29)22-8-16-24-14-3-1-2-4-15(14)25-16/h1-4,7,11-12,21H,5-6,8-10H2,(H,24,25)(H,22,26,27)/t11-,12+. The summed E-state index contributed by atoms with van der Waals surface area (Å²) < 4.78 is 2.59. The van der Waals surface area contributed by atoms with Crippen molar-refractivity contribution in [3.8, 4) is 0 Å². The van der Waals surface area contributed by atoms with Crippen molar-refractivity contribution in [2.24, 2.45) is 11.8 Å². The van der Waals surface area contributed by atoms with Gasteiger partial charge in [0.15, 0.2) is 5.65 Å². The van der Waals surface area contributed by atoms with Gasteiger partial charge in [0.2, 0.25) is 11.9 Å². The maximum absolute atomic E-state index is 4.81. The average Bonchev–Trinajstić information content (AvgIpc) is 3.48. The quantitative estimate of drug-likeness (QED) is 0.434. The summed E-state index contributed by atoms with van der Waals surface area (Å²) in [5.41, 5.74) is 2.74. The van der Waals surface area contributed by atoms with E-state index in [-0.39, 0.29) is 0 Å². The molecular formula is C19H20BrN9. The van der Waals surface area contributed by atoms with Crippen molar-refractivity contribution < 1.29 is 0 Å². The number of benzene rings is 1. The summed E-state index contributed by atoms with van der Waals surface area (Å²) in [7, 11) is 0. The Bertz CT molecular complexity index is 1150. The third kappa shape index (κ3) is 2.94. The van der Waals surface area contributed by atoms with Crippen LogP contribution in [-0.2, 0) is 6.54 Å². The van der Waals surface area contributed by atoms with E-state index in [1.54, 1.807) is 10.7 Å². The summed E-state index contributed by atoms with van der Waals surface area (Å²) in [5, 5.41) is 11.3. The lowest BCUT2D eigenvalue weighted by Crippen LogP contribution is -2.27. The number of H-pyrrole nitrogens is 1. The zero-order chi connectivity index (χ0) is 19.4. The van der Waals surface area contributed by atoms with E-state index in [9.17, 15) is 0 Å². The Morgan fingerprint density at radius 1 is 1.10 bits per heavy atom. The van der Waals surface area contributed by atoms with Crippen molar-refractivity contribution in [3.05, 3.63) is 40.8 Å². The second-order valence-electron chi connectivity index (χ2n) is 7.71. The topological polar surface area (TPSA) is 99.1 Å². The number of nitrogens with zero attached hydrogens (tertiary/aromatic N) is 6. The number of rotatable bonds is 4. The second kappa shape index (κ2) is 6.67. The zero-order valence-corrected chi connectivity index (χ0v) is 17.2. The van der Waals surface area contributed by atoms with E-state index >= 15 is 0 Å². The number of hydrogen-bond acceptors (Lipinski definition) is 7. The molecule has 2 fully saturated rings. The summed E-state index contributed by atoms with van der Waals surface area (Å²) in [6.45, 7) is 4.66. The summed E-state index contributed by atoms with van der Waals surface area (Å²) in [5.74, 6) is 3.62. The molecule has 2 saturated heterocycles. The summed E-state index contributed by atoms with van der Waals surface area (Å²) in [4.78, 5) is 19.9. The number of aromatic amines is 1. The van der Waals surface area contributed by atoms with E-state index < -0.39 is 0 Å². The number of fused-ring (bicyclic) bond motifs is 3. The van der Waals surface area contributed by atoms with Crippen molar-refractivity contribution >= 4 is 44.5 Å². The van der Waals surface area contributed by atoms with Crippen molar-refractivity contribution in [3.63, 3.8) is 0 Å². The lowest BCUT2D eigenvalue weighted by molar-refractivity contribution is 0.533. The fraction of sp³-hybridized carbons (Fsp3) is 0.368. The first-order chi connectivity index (χ1) is 14.2. The number of halogens is 1. The molecule has 0 saturated carbocycles. The van der Waals surface area contributed by atoms with E-state index in [1.165, 1.54) is 0 Å². The van der Waals surface area contributed by atoms with Gasteiger partial charge in [-0.15, -0.1) is 0 Å². The van der Waals surface area contributed by atoms with Gasteiger partial charge in [-0.1, -0.05) is 12.1 Å². The molecule has 0 bridgehead atoms. The predicted octanol–water partition coefficient (Wildman–Crippen LogP) is 2.03. The molecule has 5 heterocycles. The fourth-order valence-electron chi connectivity index (χ4n) is 4.37. The van der Waals surface area contributed by atoms with Crippen LogP contribution in [0.15, 0.2) is 34.9 Å². The van der Waals surface area contributed by atoms with Crippen molar-refractivity contribution in [1.29, 1.82) is 0 Å². The molecular weight excluding hydrogens is 434 g/mol. The van der Waals surface area contributed by atoms with Gasteiger partial charge in [0.05, 0.1) is 28.2 Å². The summed E-state index contributed by atoms with van der Waals surface area (Å²) >= 11 is 3.56. The smallest absolute Gasteiger partial charge is 0.230 e. The van der Waals surface area contributed by atoms with Crippen LogP contribution in [-0.4, -0.2) is 55.7 Å². The monoisotopic (exact) mass is 453 g/mol. The van der Waals surface area contributed by atoms with Gasteiger partial charge in [-0.2, -0.15) is 19.6 Å². The van der Waals surface area contributed by atoms with Crippen LogP contribution in [0, 0.1) is 11.8 Å². The van der Waals surface area contributed by atoms with Gasteiger partial charge in [-0.05, 0) is 39.9 Å². The number of para-hydroxylation sites is 2. The Morgan fingerprint density at radius 3 is 2.76 bits per heavy atom.